The molecule has 0 fully saturated rings. The van der Waals surface area contributed by atoms with Crippen molar-refractivity contribution in [3.63, 3.8) is 0 Å². The Morgan fingerprint density at radius 2 is 1.39 bits per heavy atom. The van der Waals surface area contributed by atoms with Crippen LogP contribution in [0.3, 0.4) is 0 Å². The maximum atomic E-state index is 5.75. The molecule has 1 nitrogen and oxygen atoms in total. The van der Waals surface area contributed by atoms with Gasteiger partial charge in [0, 0.05) is 0 Å². The molecule has 0 heterocycles. The molecule has 0 aliphatic carbocycles. The molecule has 0 saturated carbocycles. The normalized spacial score (nSPS) is 12.9. The molecule has 0 aliphatic heterocycles. The molecule has 0 atom stereocenters. The van der Waals surface area contributed by atoms with E-state index in [0.717, 1.165) is 13.0 Å². The summed E-state index contributed by atoms with van der Waals surface area (Å²) in [6.45, 7) is 16.6. The Bertz CT molecular complexity index is 399. The molecule has 0 saturated heterocycles. The highest BCUT2D eigenvalue weighted by Crippen LogP contribution is 2.35. The predicted octanol–water partition coefficient (Wildman–Crippen LogP) is 4.23. The summed E-state index contributed by atoms with van der Waals surface area (Å²) >= 11 is 0. The maximum Gasteiger partial charge on any atom is -0.00690 e. The van der Waals surface area contributed by atoms with Crippen LogP contribution in [0.4, 0.5) is 0 Å². The molecule has 102 valence electrons. The molecule has 0 bridgehead atoms. The molecule has 2 N–H and O–H groups in total. The van der Waals surface area contributed by atoms with E-state index in [1.807, 2.05) is 0 Å². The van der Waals surface area contributed by atoms with Crippen LogP contribution in [0.1, 0.15) is 63.3 Å². The van der Waals surface area contributed by atoms with Gasteiger partial charge in [0.05, 0.1) is 0 Å². The molecule has 0 unspecified atom stereocenters. The van der Waals surface area contributed by atoms with Crippen LogP contribution in [0.5, 0.6) is 0 Å². The van der Waals surface area contributed by atoms with E-state index in [9.17, 15) is 0 Å². The minimum Gasteiger partial charge on any atom is -0.330 e. The van der Waals surface area contributed by atoms with Gasteiger partial charge in [-0.1, -0.05) is 46.8 Å². The summed E-state index contributed by atoms with van der Waals surface area (Å²) in [6, 6.07) is 4.70. The lowest BCUT2D eigenvalue weighted by Crippen LogP contribution is -2.25. The highest BCUT2D eigenvalue weighted by atomic mass is 14.5. The van der Waals surface area contributed by atoms with E-state index >= 15 is 0 Å². The van der Waals surface area contributed by atoms with Crippen LogP contribution in [0.25, 0.3) is 0 Å². The Morgan fingerprint density at radius 3 is 1.72 bits per heavy atom. The van der Waals surface area contributed by atoms with Gasteiger partial charge >= 0.3 is 0 Å². The van der Waals surface area contributed by atoms with Crippen LogP contribution < -0.4 is 5.73 Å². The van der Waals surface area contributed by atoms with E-state index in [4.69, 9.17) is 5.73 Å². The van der Waals surface area contributed by atoms with E-state index in [2.05, 4.69) is 60.6 Å². The monoisotopic (exact) mass is 247 g/mol. The van der Waals surface area contributed by atoms with Gasteiger partial charge in [-0.2, -0.15) is 0 Å². The molecule has 0 radical (unpaired) electrons. The van der Waals surface area contributed by atoms with Crippen LogP contribution in [-0.4, -0.2) is 6.54 Å². The Kier molecular flexibility index (Phi) is 4.27. The van der Waals surface area contributed by atoms with Crippen LogP contribution in [0.2, 0.25) is 0 Å². The quantitative estimate of drug-likeness (QED) is 0.850. The number of aryl methyl sites for hydroxylation is 2. The van der Waals surface area contributed by atoms with E-state index in [1.54, 1.807) is 0 Å². The Morgan fingerprint density at radius 1 is 0.944 bits per heavy atom. The van der Waals surface area contributed by atoms with Gasteiger partial charge in [-0.25, -0.2) is 0 Å². The van der Waals surface area contributed by atoms with E-state index in [-0.39, 0.29) is 10.8 Å². The van der Waals surface area contributed by atoms with Gasteiger partial charge in [-0.15, -0.1) is 0 Å². The van der Waals surface area contributed by atoms with Gasteiger partial charge in [-0.3, -0.25) is 0 Å². The van der Waals surface area contributed by atoms with Crippen molar-refractivity contribution < 1.29 is 0 Å². The first-order valence-electron chi connectivity index (χ1n) is 6.92. The standard InChI is InChI=1S/C17H29N/c1-12-10-14(16(3,4)5)11-13(2)15(12)17(6,7)8-9-18/h10-11H,8-9,18H2,1-7H3. The van der Waals surface area contributed by atoms with Gasteiger partial charge in [0.2, 0.25) is 0 Å². The summed E-state index contributed by atoms with van der Waals surface area (Å²) in [4.78, 5) is 0. The first-order valence-corrected chi connectivity index (χ1v) is 6.92. The number of nitrogens with two attached hydrogens (primary N) is 1. The molecular weight excluding hydrogens is 218 g/mol. The first-order chi connectivity index (χ1) is 8.09. The fourth-order valence-electron chi connectivity index (χ4n) is 2.95. The Hall–Kier alpha value is -0.820. The lowest BCUT2D eigenvalue weighted by atomic mass is 9.74. The fraction of sp³-hybridized carbons (Fsp3) is 0.647. The van der Waals surface area contributed by atoms with Gasteiger partial charge in [0.15, 0.2) is 0 Å². The average Bonchev–Trinajstić information content (AvgIpc) is 2.13. The van der Waals surface area contributed by atoms with Crippen molar-refractivity contribution in [2.75, 3.05) is 6.54 Å². The maximum absolute atomic E-state index is 5.75. The summed E-state index contributed by atoms with van der Waals surface area (Å²) < 4.78 is 0. The van der Waals surface area contributed by atoms with Crippen molar-refractivity contribution in [2.24, 2.45) is 5.73 Å². The third kappa shape index (κ3) is 3.14. The topological polar surface area (TPSA) is 26.0 Å². The average molecular weight is 247 g/mol. The van der Waals surface area contributed by atoms with Crippen LogP contribution >= 0.6 is 0 Å². The summed E-state index contributed by atoms with van der Waals surface area (Å²) in [5, 5.41) is 0. The lowest BCUT2D eigenvalue weighted by molar-refractivity contribution is 0.481. The van der Waals surface area contributed by atoms with E-state index in [1.165, 1.54) is 22.3 Å². The van der Waals surface area contributed by atoms with Gasteiger partial charge in [0.25, 0.3) is 0 Å². The zero-order chi connectivity index (χ0) is 14.1. The van der Waals surface area contributed by atoms with Crippen molar-refractivity contribution in [3.8, 4) is 0 Å². The molecule has 18 heavy (non-hydrogen) atoms. The molecule has 1 rings (SSSR count). The van der Waals surface area contributed by atoms with Crippen LogP contribution in [0, 0.1) is 13.8 Å². The van der Waals surface area contributed by atoms with Crippen molar-refractivity contribution in [1.82, 2.24) is 0 Å². The van der Waals surface area contributed by atoms with Gasteiger partial charge < -0.3 is 5.73 Å². The van der Waals surface area contributed by atoms with Gasteiger partial charge in [-0.05, 0) is 59.9 Å². The minimum atomic E-state index is 0.166. The van der Waals surface area contributed by atoms with E-state index < -0.39 is 0 Å². The second-order valence-corrected chi connectivity index (χ2v) is 7.16. The largest absolute Gasteiger partial charge is 0.330 e. The lowest BCUT2D eigenvalue weighted by Gasteiger charge is -2.31. The zero-order valence-electron chi connectivity index (χ0n) is 13.1. The second-order valence-electron chi connectivity index (χ2n) is 7.16. The molecule has 1 aromatic carbocycles. The van der Waals surface area contributed by atoms with Gasteiger partial charge in [0.1, 0.15) is 0 Å². The number of benzene rings is 1. The van der Waals surface area contributed by atoms with Crippen molar-refractivity contribution in [2.45, 2.75) is 65.7 Å². The highest BCUT2D eigenvalue weighted by Gasteiger charge is 2.25. The molecule has 0 amide bonds. The Labute approximate surface area is 113 Å². The summed E-state index contributed by atoms with van der Waals surface area (Å²) in [5.41, 5.74) is 11.8. The second kappa shape index (κ2) is 5.05. The Balaban J connectivity index is 3.33. The van der Waals surface area contributed by atoms with E-state index in [0.29, 0.717) is 0 Å². The SMILES string of the molecule is Cc1cc(C(C)(C)C)cc(C)c1C(C)(C)CCN. The van der Waals surface area contributed by atoms with Crippen LogP contribution in [-0.2, 0) is 10.8 Å². The molecule has 1 heteroatoms. The molecular formula is C17H29N. The number of hydrogen-bond donors (Lipinski definition) is 1. The predicted molar refractivity (Wildman–Crippen MR) is 81.3 cm³/mol. The summed E-state index contributed by atoms with van der Waals surface area (Å²) in [5.74, 6) is 0. The molecule has 0 aromatic heterocycles. The number of rotatable bonds is 3. The first kappa shape index (κ1) is 15.2. The summed E-state index contributed by atoms with van der Waals surface area (Å²) in [6.07, 6.45) is 1.03. The van der Waals surface area contributed by atoms with Crippen molar-refractivity contribution in [1.29, 1.82) is 0 Å². The van der Waals surface area contributed by atoms with Crippen LogP contribution in [0.15, 0.2) is 12.1 Å². The fourth-order valence-corrected chi connectivity index (χ4v) is 2.95. The van der Waals surface area contributed by atoms with Crippen molar-refractivity contribution in [3.05, 3.63) is 34.4 Å². The number of hydrogen-bond acceptors (Lipinski definition) is 1. The third-order valence-electron chi connectivity index (χ3n) is 3.84. The zero-order valence-corrected chi connectivity index (χ0v) is 13.1. The molecule has 1 aromatic rings. The minimum absolute atomic E-state index is 0.166. The molecule has 0 aliphatic rings. The summed E-state index contributed by atoms with van der Waals surface area (Å²) in [7, 11) is 0. The smallest absolute Gasteiger partial charge is 0.00690 e. The highest BCUT2D eigenvalue weighted by molar-refractivity contribution is 5.44. The third-order valence-corrected chi connectivity index (χ3v) is 3.84. The molecule has 0 spiro atoms. The van der Waals surface area contributed by atoms with Crippen molar-refractivity contribution >= 4 is 0 Å².